The standard InChI is InChI=1S/C18H20N4O/c1-14-4-2-9-21-18(14)23-13-15-6-10-22(11-7-15)17-16(12-19)5-3-8-20-17/h2-5,8-9,15H,6-7,10-11,13H2,1H3. The number of pyridine rings is 2. The minimum absolute atomic E-state index is 0.516. The lowest BCUT2D eigenvalue weighted by atomic mass is 9.97. The fourth-order valence-corrected chi connectivity index (χ4v) is 2.87. The highest BCUT2D eigenvalue weighted by Gasteiger charge is 2.22. The van der Waals surface area contributed by atoms with E-state index in [9.17, 15) is 5.26 Å². The van der Waals surface area contributed by atoms with Crippen LogP contribution in [0, 0.1) is 24.2 Å². The van der Waals surface area contributed by atoms with E-state index >= 15 is 0 Å². The van der Waals surface area contributed by atoms with Crippen molar-refractivity contribution in [2.24, 2.45) is 5.92 Å². The molecule has 23 heavy (non-hydrogen) atoms. The summed E-state index contributed by atoms with van der Waals surface area (Å²) in [6.07, 6.45) is 5.57. The average Bonchev–Trinajstić information content (AvgIpc) is 2.61. The van der Waals surface area contributed by atoms with E-state index in [1.165, 1.54) is 0 Å². The summed E-state index contributed by atoms with van der Waals surface area (Å²) in [5.74, 6) is 2.04. The molecule has 1 aliphatic rings. The van der Waals surface area contributed by atoms with E-state index in [2.05, 4.69) is 20.9 Å². The molecule has 0 saturated carbocycles. The van der Waals surface area contributed by atoms with Gasteiger partial charge in [0.2, 0.25) is 5.88 Å². The van der Waals surface area contributed by atoms with Gasteiger partial charge in [0.1, 0.15) is 11.9 Å². The first-order valence-corrected chi connectivity index (χ1v) is 7.92. The van der Waals surface area contributed by atoms with Crippen molar-refractivity contribution in [1.82, 2.24) is 9.97 Å². The van der Waals surface area contributed by atoms with Gasteiger partial charge in [-0.15, -0.1) is 0 Å². The zero-order valence-electron chi connectivity index (χ0n) is 13.3. The van der Waals surface area contributed by atoms with E-state index in [0.717, 1.165) is 43.2 Å². The molecule has 3 heterocycles. The van der Waals surface area contributed by atoms with Crippen LogP contribution in [0.5, 0.6) is 5.88 Å². The zero-order chi connectivity index (χ0) is 16.1. The van der Waals surface area contributed by atoms with E-state index in [0.29, 0.717) is 18.1 Å². The highest BCUT2D eigenvalue weighted by molar-refractivity contribution is 5.53. The predicted octanol–water partition coefficient (Wildman–Crippen LogP) is 2.95. The predicted molar refractivity (Wildman–Crippen MR) is 88.4 cm³/mol. The lowest BCUT2D eigenvalue weighted by molar-refractivity contribution is 0.214. The van der Waals surface area contributed by atoms with Crippen LogP contribution < -0.4 is 9.64 Å². The maximum atomic E-state index is 9.19. The van der Waals surface area contributed by atoms with Gasteiger partial charge >= 0.3 is 0 Å². The molecule has 2 aromatic heterocycles. The minimum Gasteiger partial charge on any atom is -0.477 e. The first kappa shape index (κ1) is 15.3. The number of aromatic nitrogens is 2. The minimum atomic E-state index is 0.516. The Bertz CT molecular complexity index is 702. The van der Waals surface area contributed by atoms with Crippen molar-refractivity contribution in [3.05, 3.63) is 47.8 Å². The number of ether oxygens (including phenoxy) is 1. The molecule has 5 nitrogen and oxygen atoms in total. The Balaban J connectivity index is 1.55. The summed E-state index contributed by atoms with van der Waals surface area (Å²) >= 11 is 0. The van der Waals surface area contributed by atoms with Crippen LogP contribution in [0.25, 0.3) is 0 Å². The quantitative estimate of drug-likeness (QED) is 0.869. The van der Waals surface area contributed by atoms with Gasteiger partial charge in [0.25, 0.3) is 0 Å². The molecule has 0 aliphatic carbocycles. The lowest BCUT2D eigenvalue weighted by Gasteiger charge is -2.33. The second-order valence-corrected chi connectivity index (χ2v) is 5.85. The van der Waals surface area contributed by atoms with E-state index in [1.807, 2.05) is 25.1 Å². The molecule has 0 bridgehead atoms. The molecule has 1 saturated heterocycles. The summed E-state index contributed by atoms with van der Waals surface area (Å²) in [7, 11) is 0. The molecule has 0 aromatic carbocycles. The van der Waals surface area contributed by atoms with Crippen LogP contribution >= 0.6 is 0 Å². The Morgan fingerprint density at radius 3 is 2.70 bits per heavy atom. The van der Waals surface area contributed by atoms with Gasteiger partial charge in [-0.2, -0.15) is 5.26 Å². The third-order valence-electron chi connectivity index (χ3n) is 4.24. The van der Waals surface area contributed by atoms with Crippen molar-refractivity contribution in [2.45, 2.75) is 19.8 Å². The Kier molecular flexibility index (Phi) is 4.72. The Morgan fingerprint density at radius 1 is 1.22 bits per heavy atom. The number of piperidine rings is 1. The molecular formula is C18H20N4O. The fourth-order valence-electron chi connectivity index (χ4n) is 2.87. The number of hydrogen-bond acceptors (Lipinski definition) is 5. The van der Waals surface area contributed by atoms with Gasteiger partial charge in [-0.3, -0.25) is 0 Å². The number of rotatable bonds is 4. The number of aryl methyl sites for hydroxylation is 1. The van der Waals surface area contributed by atoms with Crippen LogP contribution in [0.4, 0.5) is 5.82 Å². The van der Waals surface area contributed by atoms with Crippen LogP contribution in [0.1, 0.15) is 24.0 Å². The summed E-state index contributed by atoms with van der Waals surface area (Å²) in [5.41, 5.74) is 1.71. The average molecular weight is 308 g/mol. The maximum absolute atomic E-state index is 9.19. The van der Waals surface area contributed by atoms with E-state index in [-0.39, 0.29) is 0 Å². The second kappa shape index (κ2) is 7.10. The van der Waals surface area contributed by atoms with Crippen molar-refractivity contribution in [2.75, 3.05) is 24.6 Å². The molecule has 3 rings (SSSR count). The fraction of sp³-hybridized carbons (Fsp3) is 0.389. The molecule has 1 fully saturated rings. The van der Waals surface area contributed by atoms with Gasteiger partial charge in [-0.05, 0) is 43.9 Å². The lowest BCUT2D eigenvalue weighted by Crippen LogP contribution is -2.36. The summed E-state index contributed by atoms with van der Waals surface area (Å²) in [6.45, 7) is 4.51. The smallest absolute Gasteiger partial charge is 0.216 e. The SMILES string of the molecule is Cc1cccnc1OCC1CCN(c2ncccc2C#N)CC1. The third-order valence-corrected chi connectivity index (χ3v) is 4.24. The third kappa shape index (κ3) is 3.59. The number of anilines is 1. The van der Waals surface area contributed by atoms with Gasteiger partial charge in [0, 0.05) is 31.0 Å². The summed E-state index contributed by atoms with van der Waals surface area (Å²) < 4.78 is 5.86. The Hall–Kier alpha value is -2.61. The molecule has 118 valence electrons. The molecule has 0 atom stereocenters. The van der Waals surface area contributed by atoms with Gasteiger partial charge in [0.05, 0.1) is 12.2 Å². The number of hydrogen-bond donors (Lipinski definition) is 0. The second-order valence-electron chi connectivity index (χ2n) is 5.85. The van der Waals surface area contributed by atoms with E-state index in [4.69, 9.17) is 4.74 Å². The number of nitriles is 1. The highest BCUT2D eigenvalue weighted by Crippen LogP contribution is 2.25. The highest BCUT2D eigenvalue weighted by atomic mass is 16.5. The van der Waals surface area contributed by atoms with Crippen LogP contribution in [0.15, 0.2) is 36.7 Å². The van der Waals surface area contributed by atoms with E-state index < -0.39 is 0 Å². The van der Waals surface area contributed by atoms with E-state index in [1.54, 1.807) is 18.5 Å². The molecule has 5 heteroatoms. The van der Waals surface area contributed by atoms with Crippen molar-refractivity contribution < 1.29 is 4.74 Å². The van der Waals surface area contributed by atoms with Gasteiger partial charge in [-0.25, -0.2) is 9.97 Å². The topological polar surface area (TPSA) is 62.0 Å². The molecule has 2 aromatic rings. The van der Waals surface area contributed by atoms with Crippen molar-refractivity contribution >= 4 is 5.82 Å². The Morgan fingerprint density at radius 2 is 1.96 bits per heavy atom. The van der Waals surface area contributed by atoms with Gasteiger partial charge in [0.15, 0.2) is 0 Å². The monoisotopic (exact) mass is 308 g/mol. The summed E-state index contributed by atoms with van der Waals surface area (Å²) in [4.78, 5) is 10.8. The molecule has 1 aliphatic heterocycles. The van der Waals surface area contributed by atoms with Gasteiger partial charge < -0.3 is 9.64 Å². The molecular weight excluding hydrogens is 288 g/mol. The van der Waals surface area contributed by atoms with Crippen LogP contribution in [0.3, 0.4) is 0 Å². The molecule has 0 spiro atoms. The molecule has 0 N–H and O–H groups in total. The van der Waals surface area contributed by atoms with Crippen LogP contribution in [-0.2, 0) is 0 Å². The summed E-state index contributed by atoms with van der Waals surface area (Å²) in [5, 5.41) is 9.19. The van der Waals surface area contributed by atoms with Crippen LogP contribution in [0.2, 0.25) is 0 Å². The van der Waals surface area contributed by atoms with Crippen LogP contribution in [-0.4, -0.2) is 29.7 Å². The van der Waals surface area contributed by atoms with Crippen molar-refractivity contribution in [3.63, 3.8) is 0 Å². The molecule has 0 radical (unpaired) electrons. The van der Waals surface area contributed by atoms with Crippen molar-refractivity contribution in [1.29, 1.82) is 5.26 Å². The van der Waals surface area contributed by atoms with Crippen molar-refractivity contribution in [3.8, 4) is 11.9 Å². The Labute approximate surface area is 136 Å². The first-order chi connectivity index (χ1) is 11.3. The van der Waals surface area contributed by atoms with Gasteiger partial charge in [-0.1, -0.05) is 6.07 Å². The largest absolute Gasteiger partial charge is 0.477 e. The number of nitrogens with zero attached hydrogens (tertiary/aromatic N) is 4. The molecule has 0 amide bonds. The maximum Gasteiger partial charge on any atom is 0.216 e. The first-order valence-electron chi connectivity index (χ1n) is 7.92. The molecule has 0 unspecified atom stereocenters. The summed E-state index contributed by atoms with van der Waals surface area (Å²) in [6, 6.07) is 9.77. The normalized spacial score (nSPS) is 15.2. The zero-order valence-corrected chi connectivity index (χ0v) is 13.3.